The molecule has 16 heavy (non-hydrogen) atoms. The van der Waals surface area contributed by atoms with Crippen LogP contribution in [0.15, 0.2) is 24.3 Å². The molecule has 0 heterocycles. The van der Waals surface area contributed by atoms with Crippen LogP contribution < -0.4 is 15.8 Å². The Balaban J connectivity index is 2.39. The molecule has 1 rings (SSSR count). The van der Waals surface area contributed by atoms with E-state index in [0.29, 0.717) is 18.9 Å². The Morgan fingerprint density at radius 1 is 1.44 bits per heavy atom. The number of anilines is 1. The molecule has 0 aliphatic heterocycles. The standard InChI is InChI=1S/C12H14N2O2/c1-2-8-14-10-3-5-11(6-4-10)16-9-7-12(13)15/h1,3-6,14H,7-9H2,(H2,13,15). The maximum atomic E-state index is 10.5. The molecule has 0 aromatic heterocycles. The largest absolute Gasteiger partial charge is 0.493 e. The van der Waals surface area contributed by atoms with Gasteiger partial charge in [0.15, 0.2) is 0 Å². The quantitative estimate of drug-likeness (QED) is 0.700. The molecule has 0 aliphatic rings. The van der Waals surface area contributed by atoms with Gasteiger partial charge in [-0.15, -0.1) is 6.42 Å². The van der Waals surface area contributed by atoms with Gasteiger partial charge in [0.25, 0.3) is 0 Å². The lowest BCUT2D eigenvalue weighted by atomic mass is 10.3. The van der Waals surface area contributed by atoms with E-state index < -0.39 is 0 Å². The number of primary amides is 1. The molecule has 0 spiro atoms. The number of carbonyl (C=O) groups excluding carboxylic acids is 1. The second-order valence-electron chi connectivity index (χ2n) is 3.15. The molecule has 84 valence electrons. The zero-order valence-corrected chi connectivity index (χ0v) is 8.90. The molecule has 4 nitrogen and oxygen atoms in total. The van der Waals surface area contributed by atoms with Gasteiger partial charge < -0.3 is 15.8 Å². The summed E-state index contributed by atoms with van der Waals surface area (Å²) >= 11 is 0. The summed E-state index contributed by atoms with van der Waals surface area (Å²) in [6.07, 6.45) is 5.34. The van der Waals surface area contributed by atoms with E-state index in [-0.39, 0.29) is 12.3 Å². The number of nitrogens with one attached hydrogen (secondary N) is 1. The Bertz CT molecular complexity index is 379. The lowest BCUT2D eigenvalue weighted by Gasteiger charge is -2.06. The Morgan fingerprint density at radius 2 is 2.12 bits per heavy atom. The summed E-state index contributed by atoms with van der Waals surface area (Å²) in [5, 5.41) is 3.03. The number of hydrogen-bond acceptors (Lipinski definition) is 3. The second kappa shape index (κ2) is 6.36. The predicted molar refractivity (Wildman–Crippen MR) is 63.1 cm³/mol. The molecule has 1 aromatic rings. The fourth-order valence-electron chi connectivity index (χ4n) is 1.09. The summed E-state index contributed by atoms with van der Waals surface area (Å²) in [5.74, 6) is 2.82. The summed E-state index contributed by atoms with van der Waals surface area (Å²) in [6, 6.07) is 7.33. The van der Waals surface area contributed by atoms with Crippen molar-refractivity contribution in [3.05, 3.63) is 24.3 Å². The zero-order valence-electron chi connectivity index (χ0n) is 8.90. The molecule has 0 aliphatic carbocycles. The minimum absolute atomic E-state index is 0.219. The highest BCUT2D eigenvalue weighted by molar-refractivity contribution is 5.73. The number of carbonyl (C=O) groups is 1. The van der Waals surface area contributed by atoms with Gasteiger partial charge in [0.1, 0.15) is 5.75 Å². The van der Waals surface area contributed by atoms with E-state index >= 15 is 0 Å². The predicted octanol–water partition coefficient (Wildman–Crippen LogP) is 0.986. The summed E-state index contributed by atoms with van der Waals surface area (Å²) in [4.78, 5) is 10.5. The van der Waals surface area contributed by atoms with Crippen molar-refractivity contribution >= 4 is 11.6 Å². The molecule has 0 fully saturated rings. The van der Waals surface area contributed by atoms with Gasteiger partial charge in [-0.2, -0.15) is 0 Å². The molecule has 3 N–H and O–H groups in total. The van der Waals surface area contributed by atoms with E-state index in [1.165, 1.54) is 0 Å². The third-order valence-electron chi connectivity index (χ3n) is 1.87. The van der Waals surface area contributed by atoms with Gasteiger partial charge in [0, 0.05) is 5.69 Å². The Labute approximate surface area is 94.8 Å². The molecular formula is C12H14N2O2. The Morgan fingerprint density at radius 3 is 2.69 bits per heavy atom. The number of terminal acetylenes is 1. The lowest BCUT2D eigenvalue weighted by molar-refractivity contribution is -0.118. The molecule has 0 unspecified atom stereocenters. The number of ether oxygens (including phenoxy) is 1. The second-order valence-corrected chi connectivity index (χ2v) is 3.15. The number of nitrogens with two attached hydrogens (primary N) is 1. The molecule has 0 atom stereocenters. The zero-order chi connectivity index (χ0) is 11.8. The van der Waals surface area contributed by atoms with Crippen LogP contribution in [0.4, 0.5) is 5.69 Å². The number of benzene rings is 1. The van der Waals surface area contributed by atoms with Crippen LogP contribution in [0.2, 0.25) is 0 Å². The molecule has 0 saturated heterocycles. The van der Waals surface area contributed by atoms with Gasteiger partial charge >= 0.3 is 0 Å². The van der Waals surface area contributed by atoms with Gasteiger partial charge in [0.05, 0.1) is 19.6 Å². The summed E-state index contributed by atoms with van der Waals surface area (Å²) < 4.78 is 5.31. The van der Waals surface area contributed by atoms with Crippen molar-refractivity contribution in [1.82, 2.24) is 0 Å². The molecule has 0 bridgehead atoms. The van der Waals surface area contributed by atoms with Crippen molar-refractivity contribution in [3.63, 3.8) is 0 Å². The first kappa shape index (κ1) is 11.9. The van der Waals surface area contributed by atoms with Crippen molar-refractivity contribution in [3.8, 4) is 18.1 Å². The van der Waals surface area contributed by atoms with Crippen LogP contribution in [0.25, 0.3) is 0 Å². The van der Waals surface area contributed by atoms with Crippen LogP contribution in [-0.2, 0) is 4.79 Å². The summed E-state index contributed by atoms with van der Waals surface area (Å²) in [7, 11) is 0. The van der Waals surface area contributed by atoms with E-state index in [1.54, 1.807) is 12.1 Å². The van der Waals surface area contributed by atoms with Crippen LogP contribution in [0.3, 0.4) is 0 Å². The maximum absolute atomic E-state index is 10.5. The first-order chi connectivity index (χ1) is 7.72. The van der Waals surface area contributed by atoms with Crippen molar-refractivity contribution < 1.29 is 9.53 Å². The maximum Gasteiger partial charge on any atom is 0.220 e. The third-order valence-corrected chi connectivity index (χ3v) is 1.87. The van der Waals surface area contributed by atoms with E-state index in [2.05, 4.69) is 11.2 Å². The number of rotatable bonds is 6. The number of amides is 1. The van der Waals surface area contributed by atoms with Gasteiger partial charge in [-0.05, 0) is 24.3 Å². The highest BCUT2D eigenvalue weighted by Gasteiger charge is 1.97. The van der Waals surface area contributed by atoms with Crippen molar-refractivity contribution in [2.24, 2.45) is 5.73 Å². The fourth-order valence-corrected chi connectivity index (χ4v) is 1.09. The highest BCUT2D eigenvalue weighted by Crippen LogP contribution is 2.15. The van der Waals surface area contributed by atoms with Crippen LogP contribution in [0.5, 0.6) is 5.75 Å². The van der Waals surface area contributed by atoms with Gasteiger partial charge in [-0.1, -0.05) is 5.92 Å². The average molecular weight is 218 g/mol. The van der Waals surface area contributed by atoms with Crippen molar-refractivity contribution in [2.75, 3.05) is 18.5 Å². The molecule has 1 amide bonds. The van der Waals surface area contributed by atoms with Gasteiger partial charge in [-0.3, -0.25) is 4.79 Å². The Kier molecular flexibility index (Phi) is 4.74. The van der Waals surface area contributed by atoms with E-state index in [1.807, 2.05) is 12.1 Å². The van der Waals surface area contributed by atoms with E-state index in [9.17, 15) is 4.79 Å². The van der Waals surface area contributed by atoms with Gasteiger partial charge in [0.2, 0.25) is 5.91 Å². The summed E-state index contributed by atoms with van der Waals surface area (Å²) in [5.41, 5.74) is 5.92. The van der Waals surface area contributed by atoms with Crippen molar-refractivity contribution in [2.45, 2.75) is 6.42 Å². The first-order valence-electron chi connectivity index (χ1n) is 4.91. The minimum atomic E-state index is -0.368. The highest BCUT2D eigenvalue weighted by atomic mass is 16.5. The molecule has 4 heteroatoms. The normalized spacial score (nSPS) is 9.19. The number of hydrogen-bond donors (Lipinski definition) is 2. The molecular weight excluding hydrogens is 204 g/mol. The third kappa shape index (κ3) is 4.38. The van der Waals surface area contributed by atoms with E-state index in [4.69, 9.17) is 16.9 Å². The van der Waals surface area contributed by atoms with Gasteiger partial charge in [-0.25, -0.2) is 0 Å². The van der Waals surface area contributed by atoms with Crippen LogP contribution in [-0.4, -0.2) is 19.1 Å². The topological polar surface area (TPSA) is 64.3 Å². The minimum Gasteiger partial charge on any atom is -0.493 e. The van der Waals surface area contributed by atoms with Crippen LogP contribution >= 0.6 is 0 Å². The molecule has 0 saturated carbocycles. The monoisotopic (exact) mass is 218 g/mol. The van der Waals surface area contributed by atoms with Crippen molar-refractivity contribution in [1.29, 1.82) is 0 Å². The lowest BCUT2D eigenvalue weighted by Crippen LogP contribution is -2.14. The van der Waals surface area contributed by atoms with E-state index in [0.717, 1.165) is 5.69 Å². The smallest absolute Gasteiger partial charge is 0.220 e. The first-order valence-corrected chi connectivity index (χ1v) is 4.91. The van der Waals surface area contributed by atoms with Crippen LogP contribution in [0.1, 0.15) is 6.42 Å². The molecule has 1 aromatic carbocycles. The Hall–Kier alpha value is -2.15. The van der Waals surface area contributed by atoms with Crippen LogP contribution in [0, 0.1) is 12.3 Å². The fraction of sp³-hybridized carbons (Fsp3) is 0.250. The molecule has 0 radical (unpaired) electrons. The summed E-state index contributed by atoms with van der Waals surface area (Å²) in [6.45, 7) is 0.786. The SMILES string of the molecule is C#CCNc1ccc(OCCC(N)=O)cc1. The average Bonchev–Trinajstić information content (AvgIpc) is 2.27.